The first kappa shape index (κ1) is 12.8. The third-order valence-corrected chi connectivity index (χ3v) is 4.06. The maximum Gasteiger partial charge on any atom is 0.0743 e. The minimum Gasteiger partial charge on any atom is -0.396 e. The predicted molar refractivity (Wildman–Crippen MR) is 78.2 cm³/mol. The second-order valence-electron chi connectivity index (χ2n) is 3.97. The molecule has 5 heteroatoms. The zero-order valence-corrected chi connectivity index (χ0v) is 11.2. The Balaban J connectivity index is 2.21. The van der Waals surface area contributed by atoms with Crippen LogP contribution in [0.3, 0.4) is 0 Å². The van der Waals surface area contributed by atoms with Crippen LogP contribution in [0, 0.1) is 0 Å². The monoisotopic (exact) mass is 263 g/mol. The molecular formula is C13H17N3OS. The summed E-state index contributed by atoms with van der Waals surface area (Å²) in [5.41, 5.74) is 8.35. The summed E-state index contributed by atoms with van der Waals surface area (Å²) in [6.07, 6.45) is 1.65. The van der Waals surface area contributed by atoms with E-state index in [9.17, 15) is 4.21 Å². The number of para-hydroxylation sites is 1. The van der Waals surface area contributed by atoms with Gasteiger partial charge in [0.25, 0.3) is 0 Å². The first-order chi connectivity index (χ1) is 8.72. The van der Waals surface area contributed by atoms with Crippen molar-refractivity contribution < 1.29 is 4.21 Å². The summed E-state index contributed by atoms with van der Waals surface area (Å²) < 4.78 is 11.4. The van der Waals surface area contributed by atoms with Crippen LogP contribution in [-0.4, -0.2) is 27.2 Å². The third-order valence-electron chi connectivity index (χ3n) is 2.76. The number of hydrogen-bond acceptors (Lipinski definition) is 4. The molecule has 1 aromatic heterocycles. The molecule has 0 spiro atoms. The van der Waals surface area contributed by atoms with Gasteiger partial charge in [0.15, 0.2) is 0 Å². The Morgan fingerprint density at radius 3 is 2.94 bits per heavy atom. The Bertz CT molecular complexity index is 571. The van der Waals surface area contributed by atoms with Crippen molar-refractivity contribution in [1.82, 2.24) is 4.98 Å². The summed E-state index contributed by atoms with van der Waals surface area (Å²) in [6, 6.07) is 7.84. The Morgan fingerprint density at radius 2 is 2.17 bits per heavy atom. The van der Waals surface area contributed by atoms with Gasteiger partial charge in [-0.05, 0) is 6.07 Å². The quantitative estimate of drug-likeness (QED) is 0.865. The maximum absolute atomic E-state index is 11.4. The van der Waals surface area contributed by atoms with Crippen molar-refractivity contribution in [2.75, 3.05) is 29.1 Å². The number of nitrogens with two attached hydrogens (primary N) is 1. The van der Waals surface area contributed by atoms with E-state index in [1.54, 1.807) is 6.20 Å². The fraction of sp³-hybridized carbons (Fsp3) is 0.308. The van der Waals surface area contributed by atoms with E-state index in [0.717, 1.165) is 16.6 Å². The summed E-state index contributed by atoms with van der Waals surface area (Å²) in [5, 5.41) is 4.26. The molecule has 1 unspecified atom stereocenters. The molecule has 2 rings (SSSR count). The minimum absolute atomic E-state index is 0.621. The Morgan fingerprint density at radius 1 is 1.39 bits per heavy atom. The normalized spacial score (nSPS) is 12.5. The van der Waals surface area contributed by atoms with Crippen LogP contribution in [0.1, 0.15) is 6.92 Å². The van der Waals surface area contributed by atoms with Crippen LogP contribution in [0.5, 0.6) is 0 Å². The fourth-order valence-corrected chi connectivity index (χ4v) is 2.41. The topological polar surface area (TPSA) is 68.0 Å². The van der Waals surface area contributed by atoms with E-state index in [1.165, 1.54) is 0 Å². The lowest BCUT2D eigenvalue weighted by atomic mass is 10.1. The number of nitrogens with one attached hydrogen (secondary N) is 1. The van der Waals surface area contributed by atoms with Crippen LogP contribution in [0.4, 0.5) is 11.4 Å². The van der Waals surface area contributed by atoms with Gasteiger partial charge in [0.05, 0.1) is 23.1 Å². The summed E-state index contributed by atoms with van der Waals surface area (Å²) in [5.74, 6) is 1.32. The largest absolute Gasteiger partial charge is 0.396 e. The number of aromatic nitrogens is 1. The van der Waals surface area contributed by atoms with Gasteiger partial charge in [-0.25, -0.2) is 0 Å². The van der Waals surface area contributed by atoms with Gasteiger partial charge in [0.2, 0.25) is 0 Å². The molecule has 1 aromatic carbocycles. The van der Waals surface area contributed by atoms with Gasteiger partial charge in [-0.2, -0.15) is 0 Å². The molecule has 3 N–H and O–H groups in total. The molecule has 0 bridgehead atoms. The molecule has 0 radical (unpaired) electrons. The lowest BCUT2D eigenvalue weighted by Crippen LogP contribution is -2.13. The van der Waals surface area contributed by atoms with E-state index < -0.39 is 10.8 Å². The highest BCUT2D eigenvalue weighted by atomic mass is 32.2. The SMILES string of the molecule is CCS(=O)CCNc1c(N)cnc2ccccc12. The van der Waals surface area contributed by atoms with Gasteiger partial charge in [-0.3, -0.25) is 9.19 Å². The molecule has 18 heavy (non-hydrogen) atoms. The van der Waals surface area contributed by atoms with Gasteiger partial charge in [-0.1, -0.05) is 25.1 Å². The van der Waals surface area contributed by atoms with Gasteiger partial charge >= 0.3 is 0 Å². The van der Waals surface area contributed by atoms with Crippen molar-refractivity contribution in [1.29, 1.82) is 0 Å². The highest BCUT2D eigenvalue weighted by Gasteiger charge is 2.06. The molecule has 1 atom stereocenters. The molecule has 0 aliphatic rings. The molecule has 4 nitrogen and oxygen atoms in total. The Labute approximate surface area is 109 Å². The Kier molecular flexibility index (Phi) is 4.15. The minimum atomic E-state index is -0.760. The molecule has 0 saturated carbocycles. The summed E-state index contributed by atoms with van der Waals surface area (Å²) in [4.78, 5) is 4.28. The van der Waals surface area contributed by atoms with Crippen molar-refractivity contribution in [2.24, 2.45) is 0 Å². The van der Waals surface area contributed by atoms with E-state index in [0.29, 0.717) is 23.7 Å². The number of anilines is 2. The van der Waals surface area contributed by atoms with E-state index >= 15 is 0 Å². The number of hydrogen-bond donors (Lipinski definition) is 2. The number of pyridine rings is 1. The van der Waals surface area contributed by atoms with Crippen molar-refractivity contribution in [3.05, 3.63) is 30.5 Å². The lowest BCUT2D eigenvalue weighted by molar-refractivity contribution is 0.684. The maximum atomic E-state index is 11.4. The number of nitrogens with zero attached hydrogens (tertiary/aromatic N) is 1. The van der Waals surface area contributed by atoms with Crippen LogP contribution >= 0.6 is 0 Å². The van der Waals surface area contributed by atoms with Gasteiger partial charge < -0.3 is 11.1 Å². The lowest BCUT2D eigenvalue weighted by Gasteiger charge is -2.11. The van der Waals surface area contributed by atoms with Crippen LogP contribution in [-0.2, 0) is 10.8 Å². The van der Waals surface area contributed by atoms with Gasteiger partial charge in [0, 0.05) is 34.2 Å². The number of nitrogen functional groups attached to an aromatic ring is 1. The zero-order chi connectivity index (χ0) is 13.0. The van der Waals surface area contributed by atoms with E-state index in [-0.39, 0.29) is 0 Å². The van der Waals surface area contributed by atoms with Crippen molar-refractivity contribution in [3.63, 3.8) is 0 Å². The van der Waals surface area contributed by atoms with Crippen LogP contribution in [0.15, 0.2) is 30.5 Å². The third kappa shape index (κ3) is 2.79. The van der Waals surface area contributed by atoms with Crippen molar-refractivity contribution in [2.45, 2.75) is 6.92 Å². The van der Waals surface area contributed by atoms with Crippen molar-refractivity contribution >= 4 is 33.1 Å². The van der Waals surface area contributed by atoms with E-state index in [2.05, 4.69) is 10.3 Å². The van der Waals surface area contributed by atoms with Crippen LogP contribution in [0.25, 0.3) is 10.9 Å². The highest BCUT2D eigenvalue weighted by Crippen LogP contribution is 2.27. The second kappa shape index (κ2) is 5.82. The number of rotatable bonds is 5. The molecule has 2 aromatic rings. The predicted octanol–water partition coefficient (Wildman–Crippen LogP) is 2.00. The zero-order valence-electron chi connectivity index (χ0n) is 10.3. The number of fused-ring (bicyclic) bond motifs is 1. The molecule has 1 heterocycles. The van der Waals surface area contributed by atoms with Gasteiger partial charge in [0.1, 0.15) is 0 Å². The molecular weight excluding hydrogens is 246 g/mol. The van der Waals surface area contributed by atoms with E-state index in [1.807, 2.05) is 31.2 Å². The molecule has 96 valence electrons. The summed E-state index contributed by atoms with van der Waals surface area (Å²) >= 11 is 0. The smallest absolute Gasteiger partial charge is 0.0743 e. The second-order valence-corrected chi connectivity index (χ2v) is 5.83. The first-order valence-corrected chi connectivity index (χ1v) is 7.43. The van der Waals surface area contributed by atoms with Gasteiger partial charge in [-0.15, -0.1) is 0 Å². The van der Waals surface area contributed by atoms with Crippen molar-refractivity contribution in [3.8, 4) is 0 Å². The first-order valence-electron chi connectivity index (χ1n) is 5.94. The average Bonchev–Trinajstić information content (AvgIpc) is 2.41. The molecule has 0 aliphatic heterocycles. The van der Waals surface area contributed by atoms with Crippen LogP contribution in [0.2, 0.25) is 0 Å². The molecule has 0 amide bonds. The number of benzene rings is 1. The van der Waals surface area contributed by atoms with Crippen LogP contribution < -0.4 is 11.1 Å². The fourth-order valence-electron chi connectivity index (χ4n) is 1.79. The average molecular weight is 263 g/mol. The summed E-state index contributed by atoms with van der Waals surface area (Å²) in [6.45, 7) is 2.57. The summed E-state index contributed by atoms with van der Waals surface area (Å²) in [7, 11) is -0.760. The standard InChI is InChI=1S/C13H17N3OS/c1-2-18(17)8-7-15-13-10-5-3-4-6-12(10)16-9-11(13)14/h3-6,9H,2,7-8,14H2,1H3,(H,15,16). The highest BCUT2D eigenvalue weighted by molar-refractivity contribution is 7.84. The molecule has 0 fully saturated rings. The molecule has 0 saturated heterocycles. The van der Waals surface area contributed by atoms with E-state index in [4.69, 9.17) is 5.73 Å². The molecule has 0 aliphatic carbocycles. The Hall–Kier alpha value is -1.62.